The van der Waals surface area contributed by atoms with Gasteiger partial charge in [0.1, 0.15) is 0 Å². The lowest BCUT2D eigenvalue weighted by molar-refractivity contribution is 1.37. The molecule has 0 saturated heterocycles. The standard InChI is InChI=1S/C20H22/c1-5-6-19-11-8-18(14-17(19)4)9-12-20-10-7-15(2)13-16(20)3/h5-14H,1-4H3/b6-5+,12-9+. The van der Waals surface area contributed by atoms with E-state index in [0.717, 1.165) is 0 Å². The van der Waals surface area contributed by atoms with Crippen LogP contribution in [0, 0.1) is 20.8 Å². The molecule has 0 N–H and O–H groups in total. The number of aryl methyl sites for hydroxylation is 3. The van der Waals surface area contributed by atoms with Gasteiger partial charge in [-0.1, -0.05) is 66.3 Å². The Bertz CT molecular complexity index is 658. The van der Waals surface area contributed by atoms with Crippen molar-refractivity contribution in [1.82, 2.24) is 0 Å². The summed E-state index contributed by atoms with van der Waals surface area (Å²) >= 11 is 0. The summed E-state index contributed by atoms with van der Waals surface area (Å²) < 4.78 is 0. The van der Waals surface area contributed by atoms with E-state index in [1.54, 1.807) is 0 Å². The Morgan fingerprint density at radius 2 is 1.35 bits per heavy atom. The van der Waals surface area contributed by atoms with Crippen LogP contribution in [0.25, 0.3) is 18.2 Å². The fourth-order valence-electron chi connectivity index (χ4n) is 2.37. The van der Waals surface area contributed by atoms with E-state index >= 15 is 0 Å². The van der Waals surface area contributed by atoms with Crippen LogP contribution in [0.15, 0.2) is 42.5 Å². The lowest BCUT2D eigenvalue weighted by Gasteiger charge is -2.04. The van der Waals surface area contributed by atoms with E-state index < -0.39 is 0 Å². The molecule has 0 saturated carbocycles. The number of allylic oxidation sites excluding steroid dienone is 1. The molecule has 0 heterocycles. The van der Waals surface area contributed by atoms with Crippen molar-refractivity contribution in [2.45, 2.75) is 27.7 Å². The quantitative estimate of drug-likeness (QED) is 0.612. The third-order valence-corrected chi connectivity index (χ3v) is 3.52. The van der Waals surface area contributed by atoms with Crippen molar-refractivity contribution >= 4 is 18.2 Å². The highest BCUT2D eigenvalue weighted by molar-refractivity contribution is 5.72. The molecule has 0 spiro atoms. The van der Waals surface area contributed by atoms with Crippen LogP contribution in [0.1, 0.15) is 40.3 Å². The first kappa shape index (κ1) is 14.3. The highest BCUT2D eigenvalue weighted by atomic mass is 14.0. The van der Waals surface area contributed by atoms with Crippen LogP contribution in [0.5, 0.6) is 0 Å². The Morgan fingerprint density at radius 1 is 0.700 bits per heavy atom. The summed E-state index contributed by atoms with van der Waals surface area (Å²) in [4.78, 5) is 0. The molecule has 0 unspecified atom stereocenters. The summed E-state index contributed by atoms with van der Waals surface area (Å²) in [5, 5.41) is 0. The first-order valence-electron chi connectivity index (χ1n) is 7.09. The van der Waals surface area contributed by atoms with Crippen LogP contribution in [-0.4, -0.2) is 0 Å². The van der Waals surface area contributed by atoms with Gasteiger partial charge in [0.15, 0.2) is 0 Å². The van der Waals surface area contributed by atoms with Crippen molar-refractivity contribution < 1.29 is 0 Å². The Kier molecular flexibility index (Phi) is 4.57. The zero-order valence-electron chi connectivity index (χ0n) is 12.8. The molecule has 2 aromatic rings. The van der Waals surface area contributed by atoms with Crippen LogP contribution in [0.3, 0.4) is 0 Å². The largest absolute Gasteiger partial charge is 0.0871 e. The van der Waals surface area contributed by atoms with Gasteiger partial charge in [0.25, 0.3) is 0 Å². The van der Waals surface area contributed by atoms with Crippen molar-refractivity contribution in [2.75, 3.05) is 0 Å². The van der Waals surface area contributed by atoms with E-state index in [4.69, 9.17) is 0 Å². The maximum atomic E-state index is 2.23. The predicted molar refractivity (Wildman–Crippen MR) is 90.7 cm³/mol. The molecule has 0 radical (unpaired) electrons. The third-order valence-electron chi connectivity index (χ3n) is 3.52. The van der Waals surface area contributed by atoms with E-state index in [1.807, 2.05) is 6.92 Å². The number of hydrogen-bond donors (Lipinski definition) is 0. The van der Waals surface area contributed by atoms with E-state index in [2.05, 4.69) is 81.5 Å². The second-order valence-electron chi connectivity index (χ2n) is 5.31. The van der Waals surface area contributed by atoms with Crippen molar-refractivity contribution in [3.05, 3.63) is 75.9 Å². The molecule has 0 atom stereocenters. The van der Waals surface area contributed by atoms with Crippen molar-refractivity contribution in [3.8, 4) is 0 Å². The van der Waals surface area contributed by atoms with Gasteiger partial charge in [0.05, 0.1) is 0 Å². The fraction of sp³-hybridized carbons (Fsp3) is 0.200. The Labute approximate surface area is 122 Å². The minimum atomic E-state index is 1.25. The summed E-state index contributed by atoms with van der Waals surface area (Å²) in [5.41, 5.74) is 7.76. The molecule has 0 aliphatic heterocycles. The first-order valence-corrected chi connectivity index (χ1v) is 7.09. The summed E-state index contributed by atoms with van der Waals surface area (Å²) in [6, 6.07) is 13.1. The second-order valence-corrected chi connectivity index (χ2v) is 5.31. The van der Waals surface area contributed by atoms with Gasteiger partial charge >= 0.3 is 0 Å². The molecule has 2 aromatic carbocycles. The monoisotopic (exact) mass is 262 g/mol. The van der Waals surface area contributed by atoms with Crippen LogP contribution >= 0.6 is 0 Å². The van der Waals surface area contributed by atoms with Gasteiger partial charge in [-0.3, -0.25) is 0 Å². The molecule has 0 aliphatic rings. The van der Waals surface area contributed by atoms with Crippen LogP contribution in [0.2, 0.25) is 0 Å². The van der Waals surface area contributed by atoms with Gasteiger partial charge in [0.2, 0.25) is 0 Å². The molecular weight excluding hydrogens is 240 g/mol. The van der Waals surface area contributed by atoms with Crippen LogP contribution < -0.4 is 0 Å². The molecule has 0 amide bonds. The lowest BCUT2D eigenvalue weighted by atomic mass is 10.0. The van der Waals surface area contributed by atoms with E-state index in [0.29, 0.717) is 0 Å². The second kappa shape index (κ2) is 6.38. The first-order chi connectivity index (χ1) is 9.60. The number of rotatable bonds is 3. The Hall–Kier alpha value is -2.08. The van der Waals surface area contributed by atoms with Crippen LogP contribution in [0.4, 0.5) is 0 Å². The topological polar surface area (TPSA) is 0 Å². The van der Waals surface area contributed by atoms with Crippen molar-refractivity contribution in [3.63, 3.8) is 0 Å². The molecule has 102 valence electrons. The van der Waals surface area contributed by atoms with E-state index in [9.17, 15) is 0 Å². The summed E-state index contributed by atoms with van der Waals surface area (Å²) in [7, 11) is 0. The van der Waals surface area contributed by atoms with Gasteiger partial charge in [0, 0.05) is 0 Å². The number of hydrogen-bond acceptors (Lipinski definition) is 0. The molecule has 0 fully saturated rings. The van der Waals surface area contributed by atoms with Gasteiger partial charge < -0.3 is 0 Å². The van der Waals surface area contributed by atoms with E-state index in [-0.39, 0.29) is 0 Å². The zero-order valence-corrected chi connectivity index (χ0v) is 12.8. The lowest BCUT2D eigenvalue weighted by Crippen LogP contribution is -1.84. The molecule has 0 aromatic heterocycles. The number of benzene rings is 2. The smallest absolute Gasteiger partial charge is 0.0227 e. The Morgan fingerprint density at radius 3 is 2.00 bits per heavy atom. The molecule has 0 nitrogen and oxygen atoms in total. The maximum Gasteiger partial charge on any atom is -0.0227 e. The Balaban J connectivity index is 2.25. The van der Waals surface area contributed by atoms with Gasteiger partial charge in [-0.2, -0.15) is 0 Å². The summed E-state index contributed by atoms with van der Waals surface area (Å²) in [6.07, 6.45) is 8.60. The van der Waals surface area contributed by atoms with Crippen molar-refractivity contribution in [2.24, 2.45) is 0 Å². The highest BCUT2D eigenvalue weighted by Gasteiger charge is 1.97. The third kappa shape index (κ3) is 3.48. The average Bonchev–Trinajstić information content (AvgIpc) is 2.41. The molecule has 0 heteroatoms. The minimum Gasteiger partial charge on any atom is -0.0871 e. The molecule has 2 rings (SSSR count). The maximum absolute atomic E-state index is 2.23. The summed E-state index contributed by atoms with van der Waals surface area (Å²) in [6.45, 7) is 8.49. The molecule has 0 aliphatic carbocycles. The SMILES string of the molecule is C/C=C/c1ccc(/C=C/c2ccc(C)cc2C)cc1C. The average molecular weight is 262 g/mol. The normalized spacial score (nSPS) is 11.6. The minimum absolute atomic E-state index is 1.25. The van der Waals surface area contributed by atoms with Gasteiger partial charge in [-0.05, 0) is 55.5 Å². The van der Waals surface area contributed by atoms with Gasteiger partial charge in [-0.25, -0.2) is 0 Å². The highest BCUT2D eigenvalue weighted by Crippen LogP contribution is 2.17. The summed E-state index contributed by atoms with van der Waals surface area (Å²) in [5.74, 6) is 0. The molecule has 20 heavy (non-hydrogen) atoms. The predicted octanol–water partition coefficient (Wildman–Crippen LogP) is 5.82. The fourth-order valence-corrected chi connectivity index (χ4v) is 2.37. The molecule has 0 bridgehead atoms. The molecular formula is C20H22. The van der Waals surface area contributed by atoms with Crippen LogP contribution in [-0.2, 0) is 0 Å². The van der Waals surface area contributed by atoms with Gasteiger partial charge in [-0.15, -0.1) is 0 Å². The zero-order chi connectivity index (χ0) is 14.5. The van der Waals surface area contributed by atoms with Crippen molar-refractivity contribution in [1.29, 1.82) is 0 Å². The van der Waals surface area contributed by atoms with E-state index in [1.165, 1.54) is 33.4 Å².